The Kier molecular flexibility index (Phi) is 3.18. The molecule has 0 aliphatic rings. The number of aromatic nitrogens is 2. The molecule has 0 saturated carbocycles. The van der Waals surface area contributed by atoms with Gasteiger partial charge in [-0.05, 0) is 0 Å². The van der Waals surface area contributed by atoms with Crippen molar-refractivity contribution < 1.29 is 13.2 Å². The molecule has 0 aromatic carbocycles. The highest BCUT2D eigenvalue weighted by atomic mass is 32.2. The zero-order valence-electron chi connectivity index (χ0n) is 6.92. The van der Waals surface area contributed by atoms with Crippen LogP contribution >= 0.6 is 23.1 Å². The van der Waals surface area contributed by atoms with Gasteiger partial charge in [0.15, 0.2) is 4.34 Å². The van der Waals surface area contributed by atoms with Crippen molar-refractivity contribution in [2.75, 3.05) is 0 Å². The third-order valence-corrected chi connectivity index (χ3v) is 3.04. The largest absolute Gasteiger partial charge is 0.445 e. The minimum Gasteiger partial charge on any atom is -0.164 e. The van der Waals surface area contributed by atoms with Crippen molar-refractivity contribution in [3.63, 3.8) is 0 Å². The molecule has 0 unspecified atom stereocenters. The Bertz CT molecular complexity index is 282. The molecule has 0 aliphatic heterocycles. The van der Waals surface area contributed by atoms with E-state index in [1.807, 2.05) is 13.8 Å². The van der Waals surface area contributed by atoms with E-state index in [1.54, 1.807) is 0 Å². The lowest BCUT2D eigenvalue weighted by Crippen LogP contribution is -2.03. The van der Waals surface area contributed by atoms with Gasteiger partial charge in [0.05, 0.1) is 0 Å². The van der Waals surface area contributed by atoms with Crippen molar-refractivity contribution in [3.05, 3.63) is 5.01 Å². The molecule has 2 nitrogen and oxygen atoms in total. The van der Waals surface area contributed by atoms with Crippen LogP contribution in [0.1, 0.15) is 18.9 Å². The molecule has 1 heterocycles. The normalized spacial score (nSPS) is 12.5. The number of alkyl halides is 3. The second kappa shape index (κ2) is 3.83. The molecule has 1 aromatic heterocycles. The van der Waals surface area contributed by atoms with Gasteiger partial charge in [-0.25, -0.2) is 0 Å². The summed E-state index contributed by atoms with van der Waals surface area (Å²) in [6.45, 7) is 3.78. The van der Waals surface area contributed by atoms with Crippen LogP contribution in [-0.2, 0) is 6.18 Å². The van der Waals surface area contributed by atoms with E-state index in [1.165, 1.54) is 11.8 Å². The summed E-state index contributed by atoms with van der Waals surface area (Å²) in [5.74, 6) is 0. The van der Waals surface area contributed by atoms with Gasteiger partial charge < -0.3 is 0 Å². The standard InChI is InChI=1S/C6H7F3N2S2/c1-3(2)12-5-11-10-4(13-5)6(7,8)9/h3H,1-2H3. The van der Waals surface area contributed by atoms with E-state index in [4.69, 9.17) is 0 Å². The summed E-state index contributed by atoms with van der Waals surface area (Å²) in [7, 11) is 0. The van der Waals surface area contributed by atoms with Crippen LogP contribution in [0.3, 0.4) is 0 Å². The molecule has 74 valence electrons. The Hall–Kier alpha value is -0.300. The predicted octanol–water partition coefficient (Wildman–Crippen LogP) is 3.06. The Morgan fingerprint density at radius 2 is 1.92 bits per heavy atom. The fourth-order valence-corrected chi connectivity index (χ4v) is 2.52. The molecule has 0 fully saturated rings. The molecule has 0 radical (unpaired) electrons. The first kappa shape index (κ1) is 10.8. The SMILES string of the molecule is CC(C)Sc1nnc(C(F)(F)F)s1. The maximum Gasteiger partial charge on any atom is 0.445 e. The third kappa shape index (κ3) is 3.15. The van der Waals surface area contributed by atoms with Crippen LogP contribution < -0.4 is 0 Å². The summed E-state index contributed by atoms with van der Waals surface area (Å²) in [5, 5.41) is 5.84. The van der Waals surface area contributed by atoms with Crippen LogP contribution in [0.4, 0.5) is 13.2 Å². The highest BCUT2D eigenvalue weighted by Crippen LogP contribution is 2.35. The van der Waals surface area contributed by atoms with Crippen LogP contribution in [0.5, 0.6) is 0 Å². The van der Waals surface area contributed by atoms with E-state index in [9.17, 15) is 13.2 Å². The fourth-order valence-electron chi connectivity index (χ4n) is 0.574. The molecule has 1 rings (SSSR count). The van der Waals surface area contributed by atoms with E-state index in [2.05, 4.69) is 10.2 Å². The number of hydrogen-bond acceptors (Lipinski definition) is 4. The lowest BCUT2D eigenvalue weighted by atomic mass is 10.6. The van der Waals surface area contributed by atoms with E-state index in [0.29, 0.717) is 15.7 Å². The van der Waals surface area contributed by atoms with Crippen LogP contribution in [-0.4, -0.2) is 15.4 Å². The molecule has 1 aromatic rings. The van der Waals surface area contributed by atoms with Crippen molar-refractivity contribution >= 4 is 23.1 Å². The quantitative estimate of drug-likeness (QED) is 0.727. The van der Waals surface area contributed by atoms with Crippen LogP contribution in [0, 0.1) is 0 Å². The minimum atomic E-state index is -4.37. The average molecular weight is 228 g/mol. The Labute approximate surface area is 81.6 Å². The maximum atomic E-state index is 12.0. The molecule has 0 bridgehead atoms. The minimum absolute atomic E-state index is 0.217. The van der Waals surface area contributed by atoms with Crippen LogP contribution in [0.2, 0.25) is 0 Å². The first-order valence-corrected chi connectivity index (χ1v) is 5.16. The molecule has 0 aliphatic carbocycles. The van der Waals surface area contributed by atoms with Gasteiger partial charge in [-0.15, -0.1) is 10.2 Å². The second-order valence-electron chi connectivity index (χ2n) is 2.54. The number of hydrogen-bond donors (Lipinski definition) is 0. The van der Waals surface area contributed by atoms with Crippen molar-refractivity contribution in [3.8, 4) is 0 Å². The molecular formula is C6H7F3N2S2. The Morgan fingerprint density at radius 3 is 2.31 bits per heavy atom. The monoisotopic (exact) mass is 228 g/mol. The molecule has 0 spiro atoms. The smallest absolute Gasteiger partial charge is 0.164 e. The van der Waals surface area contributed by atoms with Crippen LogP contribution in [0.25, 0.3) is 0 Å². The van der Waals surface area contributed by atoms with Gasteiger partial charge in [0.25, 0.3) is 0 Å². The van der Waals surface area contributed by atoms with Gasteiger partial charge >= 0.3 is 6.18 Å². The van der Waals surface area contributed by atoms with Gasteiger partial charge in [-0.3, -0.25) is 0 Å². The Balaban J connectivity index is 2.75. The van der Waals surface area contributed by atoms with E-state index in [-0.39, 0.29) is 5.25 Å². The topological polar surface area (TPSA) is 25.8 Å². The van der Waals surface area contributed by atoms with Gasteiger partial charge in [0, 0.05) is 5.25 Å². The first-order chi connectivity index (χ1) is 5.89. The van der Waals surface area contributed by atoms with Crippen molar-refractivity contribution in [2.24, 2.45) is 0 Å². The highest BCUT2D eigenvalue weighted by Gasteiger charge is 2.35. The van der Waals surface area contributed by atoms with Crippen molar-refractivity contribution in [1.82, 2.24) is 10.2 Å². The highest BCUT2D eigenvalue weighted by molar-refractivity contribution is 8.01. The summed E-state index contributed by atoms with van der Waals surface area (Å²) in [4.78, 5) is 0. The van der Waals surface area contributed by atoms with Gasteiger partial charge in [0.1, 0.15) is 0 Å². The number of nitrogens with zero attached hydrogens (tertiary/aromatic N) is 2. The number of halogens is 3. The maximum absolute atomic E-state index is 12.0. The molecule has 13 heavy (non-hydrogen) atoms. The molecule has 0 N–H and O–H groups in total. The van der Waals surface area contributed by atoms with Crippen molar-refractivity contribution in [1.29, 1.82) is 0 Å². The fraction of sp³-hybridized carbons (Fsp3) is 0.667. The second-order valence-corrected chi connectivity index (χ2v) is 5.34. The first-order valence-electron chi connectivity index (χ1n) is 3.47. The molecule has 0 saturated heterocycles. The molecule has 0 amide bonds. The van der Waals surface area contributed by atoms with Crippen molar-refractivity contribution in [2.45, 2.75) is 29.6 Å². The Morgan fingerprint density at radius 1 is 1.31 bits per heavy atom. The average Bonchev–Trinajstić information content (AvgIpc) is 2.32. The third-order valence-electron chi connectivity index (χ3n) is 0.985. The molecule has 7 heteroatoms. The summed E-state index contributed by atoms with van der Waals surface area (Å²) >= 11 is 1.86. The van der Waals surface area contributed by atoms with Crippen LogP contribution in [0.15, 0.2) is 4.34 Å². The number of rotatable bonds is 2. The summed E-state index contributed by atoms with van der Waals surface area (Å²) in [6.07, 6.45) is -4.37. The summed E-state index contributed by atoms with van der Waals surface area (Å²) < 4.78 is 36.5. The van der Waals surface area contributed by atoms with Gasteiger partial charge in [0.2, 0.25) is 5.01 Å². The lowest BCUT2D eigenvalue weighted by Gasteiger charge is -1.98. The zero-order chi connectivity index (χ0) is 10.1. The lowest BCUT2D eigenvalue weighted by molar-refractivity contribution is -0.138. The van der Waals surface area contributed by atoms with E-state index >= 15 is 0 Å². The van der Waals surface area contributed by atoms with E-state index < -0.39 is 11.2 Å². The van der Waals surface area contributed by atoms with E-state index in [0.717, 1.165) is 0 Å². The zero-order valence-corrected chi connectivity index (χ0v) is 8.56. The predicted molar refractivity (Wildman–Crippen MR) is 45.9 cm³/mol. The van der Waals surface area contributed by atoms with Gasteiger partial charge in [-0.2, -0.15) is 13.2 Å². The molecular weight excluding hydrogens is 221 g/mol. The summed E-state index contributed by atoms with van der Waals surface area (Å²) in [5.41, 5.74) is 0. The van der Waals surface area contributed by atoms with Gasteiger partial charge in [-0.1, -0.05) is 36.9 Å². The molecule has 0 atom stereocenters. The summed E-state index contributed by atoms with van der Waals surface area (Å²) in [6, 6.07) is 0. The number of thioether (sulfide) groups is 1.